The molecular weight excluding hydrogens is 270 g/mol. The maximum atomic E-state index is 5.42. The average molecular weight is 282 g/mol. The third-order valence-corrected chi connectivity index (χ3v) is 2.69. The van der Waals surface area contributed by atoms with Crippen LogP contribution in [0, 0.1) is 0 Å². The average Bonchev–Trinajstić information content (AvgIpc) is 2.76. The molecule has 4 nitrogen and oxygen atoms in total. The van der Waals surface area contributed by atoms with Gasteiger partial charge in [-0.15, -0.1) is 0 Å². The van der Waals surface area contributed by atoms with Crippen molar-refractivity contribution in [2.45, 2.75) is 12.8 Å². The molecule has 0 bridgehead atoms. The van der Waals surface area contributed by atoms with Gasteiger partial charge in [-0.25, -0.2) is 0 Å². The molecule has 0 spiro atoms. The van der Waals surface area contributed by atoms with E-state index >= 15 is 0 Å². The first-order valence-electron chi connectivity index (χ1n) is 5.08. The quantitative estimate of drug-likeness (QED) is 0.935. The monoisotopic (exact) mass is 281 g/mol. The number of nitrogens with two attached hydrogens (primary N) is 1. The Morgan fingerprint density at radius 1 is 1.25 bits per heavy atom. The van der Waals surface area contributed by atoms with E-state index in [1.165, 1.54) is 0 Å². The summed E-state index contributed by atoms with van der Waals surface area (Å²) in [6.45, 7) is 0.641. The Hall–Kier alpha value is -1.20. The Labute approximate surface area is 102 Å². The molecule has 0 saturated heterocycles. The summed E-state index contributed by atoms with van der Waals surface area (Å²) < 4.78 is 6.20. The van der Waals surface area contributed by atoms with E-state index < -0.39 is 0 Å². The smallest absolute Gasteiger partial charge is 0.257 e. The van der Waals surface area contributed by atoms with Gasteiger partial charge in [0, 0.05) is 16.5 Å². The highest BCUT2D eigenvalue weighted by Gasteiger charge is 2.07. The van der Waals surface area contributed by atoms with Crippen molar-refractivity contribution < 1.29 is 4.52 Å². The number of hydrogen-bond donors (Lipinski definition) is 1. The predicted octanol–water partition coefficient (Wildman–Crippen LogP) is 2.39. The summed E-state index contributed by atoms with van der Waals surface area (Å²) in [4.78, 5) is 4.30. The molecule has 2 aromatic rings. The number of benzene rings is 1. The third kappa shape index (κ3) is 2.68. The highest BCUT2D eigenvalue weighted by Crippen LogP contribution is 2.20. The van der Waals surface area contributed by atoms with E-state index in [4.69, 9.17) is 10.3 Å². The fraction of sp³-hybridized carbons (Fsp3) is 0.273. The zero-order chi connectivity index (χ0) is 11.4. The molecule has 16 heavy (non-hydrogen) atoms. The molecule has 0 radical (unpaired) electrons. The lowest BCUT2D eigenvalue weighted by atomic mass is 10.2. The van der Waals surface area contributed by atoms with Crippen LogP contribution in [-0.2, 0) is 6.42 Å². The first-order chi connectivity index (χ1) is 7.79. The molecule has 1 heterocycles. The van der Waals surface area contributed by atoms with Gasteiger partial charge in [-0.05, 0) is 37.2 Å². The molecule has 2 N–H and O–H groups in total. The summed E-state index contributed by atoms with van der Waals surface area (Å²) in [6, 6.07) is 7.76. The molecule has 0 aliphatic heterocycles. The van der Waals surface area contributed by atoms with Crippen molar-refractivity contribution in [2.24, 2.45) is 5.73 Å². The number of aryl methyl sites for hydroxylation is 1. The highest BCUT2D eigenvalue weighted by molar-refractivity contribution is 9.10. The fourth-order valence-corrected chi connectivity index (χ4v) is 1.59. The van der Waals surface area contributed by atoms with Crippen LogP contribution in [0.1, 0.15) is 12.2 Å². The van der Waals surface area contributed by atoms with Gasteiger partial charge in [-0.2, -0.15) is 4.98 Å². The highest BCUT2D eigenvalue weighted by atomic mass is 79.9. The number of hydrogen-bond acceptors (Lipinski definition) is 4. The first kappa shape index (κ1) is 11.3. The van der Waals surface area contributed by atoms with Crippen LogP contribution in [0.2, 0.25) is 0 Å². The number of rotatable bonds is 4. The normalized spacial score (nSPS) is 10.6. The van der Waals surface area contributed by atoms with E-state index in [2.05, 4.69) is 26.1 Å². The van der Waals surface area contributed by atoms with Gasteiger partial charge in [0.2, 0.25) is 0 Å². The van der Waals surface area contributed by atoms with Gasteiger partial charge >= 0.3 is 0 Å². The molecule has 0 amide bonds. The molecule has 0 unspecified atom stereocenters. The lowest BCUT2D eigenvalue weighted by Crippen LogP contribution is -2.01. The zero-order valence-corrected chi connectivity index (χ0v) is 10.3. The summed E-state index contributed by atoms with van der Waals surface area (Å²) in [5.41, 5.74) is 6.35. The van der Waals surface area contributed by atoms with E-state index in [0.29, 0.717) is 18.3 Å². The van der Waals surface area contributed by atoms with Crippen LogP contribution in [0.15, 0.2) is 33.3 Å². The van der Waals surface area contributed by atoms with Crippen LogP contribution in [0.25, 0.3) is 11.5 Å². The van der Waals surface area contributed by atoms with E-state index in [9.17, 15) is 0 Å². The Morgan fingerprint density at radius 2 is 2.00 bits per heavy atom. The molecule has 2 rings (SSSR count). The minimum atomic E-state index is 0.555. The maximum Gasteiger partial charge on any atom is 0.257 e. The number of nitrogens with zero attached hydrogens (tertiary/aromatic N) is 2. The van der Waals surface area contributed by atoms with Crippen LogP contribution in [0.4, 0.5) is 0 Å². The Bertz CT molecular complexity index is 453. The van der Waals surface area contributed by atoms with Crippen molar-refractivity contribution in [1.82, 2.24) is 10.1 Å². The van der Waals surface area contributed by atoms with Crippen LogP contribution in [0.5, 0.6) is 0 Å². The van der Waals surface area contributed by atoms with Crippen LogP contribution in [0.3, 0.4) is 0 Å². The minimum absolute atomic E-state index is 0.555. The van der Waals surface area contributed by atoms with Gasteiger partial charge in [0.1, 0.15) is 0 Å². The van der Waals surface area contributed by atoms with Crippen molar-refractivity contribution in [2.75, 3.05) is 6.54 Å². The van der Waals surface area contributed by atoms with Crippen molar-refractivity contribution in [3.8, 4) is 11.5 Å². The lowest BCUT2D eigenvalue weighted by Gasteiger charge is -1.93. The van der Waals surface area contributed by atoms with Gasteiger partial charge in [-0.3, -0.25) is 0 Å². The molecular formula is C11H12BrN3O. The molecule has 1 aromatic heterocycles. The van der Waals surface area contributed by atoms with Crippen molar-refractivity contribution in [3.05, 3.63) is 34.6 Å². The fourth-order valence-electron chi connectivity index (χ4n) is 1.33. The van der Waals surface area contributed by atoms with E-state index in [1.807, 2.05) is 24.3 Å². The number of halogens is 1. The minimum Gasteiger partial charge on any atom is -0.334 e. The topological polar surface area (TPSA) is 64.9 Å². The molecule has 1 aromatic carbocycles. The Kier molecular flexibility index (Phi) is 3.69. The van der Waals surface area contributed by atoms with Gasteiger partial charge in [0.25, 0.3) is 5.89 Å². The number of aromatic nitrogens is 2. The summed E-state index contributed by atoms with van der Waals surface area (Å²) in [6.07, 6.45) is 1.63. The standard InChI is InChI=1S/C11H12BrN3O/c12-9-5-3-8(4-6-9)11-14-10(15-16-11)2-1-7-13/h3-6H,1-2,7,13H2. The molecule has 0 saturated carbocycles. The van der Waals surface area contributed by atoms with Crippen molar-refractivity contribution in [1.29, 1.82) is 0 Å². The van der Waals surface area contributed by atoms with Gasteiger partial charge in [0.15, 0.2) is 5.82 Å². The first-order valence-corrected chi connectivity index (χ1v) is 5.87. The maximum absolute atomic E-state index is 5.42. The molecule has 0 aliphatic rings. The van der Waals surface area contributed by atoms with E-state index in [1.54, 1.807) is 0 Å². The van der Waals surface area contributed by atoms with Crippen molar-refractivity contribution in [3.63, 3.8) is 0 Å². The molecule has 84 valence electrons. The third-order valence-electron chi connectivity index (χ3n) is 2.16. The largest absolute Gasteiger partial charge is 0.334 e. The van der Waals surface area contributed by atoms with Crippen LogP contribution < -0.4 is 5.73 Å². The van der Waals surface area contributed by atoms with Crippen molar-refractivity contribution >= 4 is 15.9 Å². The Balaban J connectivity index is 2.15. The summed E-state index contributed by atoms with van der Waals surface area (Å²) in [7, 11) is 0. The summed E-state index contributed by atoms with van der Waals surface area (Å²) in [5, 5.41) is 3.90. The van der Waals surface area contributed by atoms with Gasteiger partial charge in [0.05, 0.1) is 0 Å². The van der Waals surface area contributed by atoms with E-state index in [0.717, 1.165) is 22.9 Å². The molecule has 5 heteroatoms. The Morgan fingerprint density at radius 3 is 2.69 bits per heavy atom. The summed E-state index contributed by atoms with van der Waals surface area (Å²) >= 11 is 3.38. The predicted molar refractivity (Wildman–Crippen MR) is 64.8 cm³/mol. The lowest BCUT2D eigenvalue weighted by molar-refractivity contribution is 0.422. The second kappa shape index (κ2) is 5.23. The SMILES string of the molecule is NCCCc1noc(-c2ccc(Br)cc2)n1. The van der Waals surface area contributed by atoms with Gasteiger partial charge < -0.3 is 10.3 Å². The zero-order valence-electron chi connectivity index (χ0n) is 8.69. The van der Waals surface area contributed by atoms with E-state index in [-0.39, 0.29) is 0 Å². The van der Waals surface area contributed by atoms with Crippen LogP contribution in [-0.4, -0.2) is 16.7 Å². The second-order valence-electron chi connectivity index (χ2n) is 3.41. The molecule has 0 aliphatic carbocycles. The van der Waals surface area contributed by atoms with Gasteiger partial charge in [-0.1, -0.05) is 21.1 Å². The molecule has 0 fully saturated rings. The van der Waals surface area contributed by atoms with Crippen LogP contribution >= 0.6 is 15.9 Å². The summed E-state index contributed by atoms with van der Waals surface area (Å²) in [5.74, 6) is 1.27. The molecule has 0 atom stereocenters. The second-order valence-corrected chi connectivity index (χ2v) is 4.33.